The largest absolute Gasteiger partial charge is 0.497 e. The van der Waals surface area contributed by atoms with Gasteiger partial charge >= 0.3 is 0 Å². The zero-order valence-corrected chi connectivity index (χ0v) is 11.5. The van der Waals surface area contributed by atoms with Crippen LogP contribution in [0.25, 0.3) is 0 Å². The van der Waals surface area contributed by atoms with Gasteiger partial charge in [0.1, 0.15) is 17.6 Å². The van der Waals surface area contributed by atoms with Crippen LogP contribution in [0.15, 0.2) is 48.5 Å². The van der Waals surface area contributed by atoms with Gasteiger partial charge in [0.15, 0.2) is 6.61 Å². The van der Waals surface area contributed by atoms with Gasteiger partial charge in [-0.15, -0.1) is 0 Å². The van der Waals surface area contributed by atoms with E-state index in [9.17, 15) is 4.79 Å². The van der Waals surface area contributed by atoms with Crippen molar-refractivity contribution in [2.45, 2.75) is 0 Å². The van der Waals surface area contributed by atoms with Crippen LogP contribution in [0.1, 0.15) is 10.4 Å². The number of nitrogens with one attached hydrogen (secondary N) is 1. The van der Waals surface area contributed by atoms with Crippen LogP contribution >= 0.6 is 0 Å². The summed E-state index contributed by atoms with van der Waals surface area (Å²) in [6.45, 7) is -0.0319. The van der Waals surface area contributed by atoms with Crippen molar-refractivity contribution in [3.05, 3.63) is 54.1 Å². The Kier molecular flexibility index (Phi) is 4.78. The van der Waals surface area contributed by atoms with Gasteiger partial charge in [0.05, 0.1) is 7.11 Å². The average Bonchev–Trinajstić information content (AvgIpc) is 2.53. The molecule has 0 fully saturated rings. The maximum atomic E-state index is 12.1. The maximum Gasteiger partial charge on any atom is 0.255 e. The molecule has 0 aliphatic heterocycles. The monoisotopic (exact) mass is 282 g/mol. The van der Waals surface area contributed by atoms with Crippen LogP contribution in [0.4, 0.5) is 5.69 Å². The molecule has 21 heavy (non-hydrogen) atoms. The quantitative estimate of drug-likeness (QED) is 0.915. The lowest BCUT2D eigenvalue weighted by molar-refractivity contribution is 0.102. The van der Waals surface area contributed by atoms with E-state index in [1.165, 1.54) is 0 Å². The zero-order valence-electron chi connectivity index (χ0n) is 11.5. The lowest BCUT2D eigenvalue weighted by atomic mass is 10.2. The second kappa shape index (κ2) is 6.96. The van der Waals surface area contributed by atoms with E-state index < -0.39 is 0 Å². The molecule has 0 saturated carbocycles. The molecule has 5 heteroatoms. The summed E-state index contributed by atoms with van der Waals surface area (Å²) in [5.41, 5.74) is 1.13. The predicted molar refractivity (Wildman–Crippen MR) is 78.5 cm³/mol. The first kappa shape index (κ1) is 14.4. The van der Waals surface area contributed by atoms with E-state index in [-0.39, 0.29) is 12.5 Å². The van der Waals surface area contributed by atoms with Gasteiger partial charge < -0.3 is 14.8 Å². The molecular formula is C16H14N2O3. The van der Waals surface area contributed by atoms with E-state index in [0.717, 1.165) is 0 Å². The molecule has 0 aromatic heterocycles. The average molecular weight is 282 g/mol. The van der Waals surface area contributed by atoms with Gasteiger partial charge in [-0.1, -0.05) is 6.07 Å². The number of nitriles is 1. The Morgan fingerprint density at radius 1 is 1.19 bits per heavy atom. The summed E-state index contributed by atoms with van der Waals surface area (Å²) in [6, 6.07) is 15.6. The molecule has 1 N–H and O–H groups in total. The molecular weight excluding hydrogens is 268 g/mol. The Balaban J connectivity index is 2.06. The normalized spacial score (nSPS) is 9.52. The number of rotatable bonds is 5. The summed E-state index contributed by atoms with van der Waals surface area (Å²) >= 11 is 0. The molecule has 0 atom stereocenters. The van der Waals surface area contributed by atoms with Gasteiger partial charge in [0.25, 0.3) is 5.91 Å². The minimum atomic E-state index is -0.227. The first-order chi connectivity index (χ1) is 10.2. The summed E-state index contributed by atoms with van der Waals surface area (Å²) < 4.78 is 10.2. The lowest BCUT2D eigenvalue weighted by Gasteiger charge is -2.08. The first-order valence-electron chi connectivity index (χ1n) is 6.28. The van der Waals surface area contributed by atoms with Gasteiger partial charge in [0.2, 0.25) is 0 Å². The summed E-state index contributed by atoms with van der Waals surface area (Å²) in [5, 5.41) is 11.2. The van der Waals surface area contributed by atoms with Crippen molar-refractivity contribution >= 4 is 11.6 Å². The van der Waals surface area contributed by atoms with Gasteiger partial charge in [-0.25, -0.2) is 0 Å². The number of hydrogen-bond acceptors (Lipinski definition) is 4. The van der Waals surface area contributed by atoms with E-state index in [2.05, 4.69) is 5.32 Å². The molecule has 2 aromatic rings. The molecule has 0 saturated heterocycles. The van der Waals surface area contributed by atoms with Crippen molar-refractivity contribution in [1.82, 2.24) is 0 Å². The molecule has 5 nitrogen and oxygen atoms in total. The van der Waals surface area contributed by atoms with Crippen molar-refractivity contribution in [1.29, 1.82) is 5.26 Å². The van der Waals surface area contributed by atoms with Crippen LogP contribution in [0.3, 0.4) is 0 Å². The summed E-state index contributed by atoms with van der Waals surface area (Å²) in [7, 11) is 1.57. The molecule has 0 bridgehead atoms. The van der Waals surface area contributed by atoms with E-state index in [0.29, 0.717) is 22.7 Å². The van der Waals surface area contributed by atoms with Crippen molar-refractivity contribution in [3.8, 4) is 17.6 Å². The van der Waals surface area contributed by atoms with Crippen LogP contribution in [0.2, 0.25) is 0 Å². The second-order valence-corrected chi connectivity index (χ2v) is 4.16. The van der Waals surface area contributed by atoms with Gasteiger partial charge in [-0.2, -0.15) is 5.26 Å². The van der Waals surface area contributed by atoms with Crippen molar-refractivity contribution in [2.75, 3.05) is 19.0 Å². The van der Waals surface area contributed by atoms with Crippen LogP contribution in [0.5, 0.6) is 11.5 Å². The molecule has 2 rings (SSSR count). The molecule has 0 unspecified atom stereocenters. The summed E-state index contributed by atoms with van der Waals surface area (Å²) in [4.78, 5) is 12.1. The van der Waals surface area contributed by atoms with E-state index >= 15 is 0 Å². The van der Waals surface area contributed by atoms with E-state index in [4.69, 9.17) is 14.7 Å². The SMILES string of the molecule is COc1ccc(C(=O)Nc2cccc(OCC#N)c2)cc1. The topological polar surface area (TPSA) is 71.3 Å². The molecule has 0 aliphatic carbocycles. The number of methoxy groups -OCH3 is 1. The van der Waals surface area contributed by atoms with Crippen molar-refractivity contribution < 1.29 is 14.3 Å². The number of amides is 1. The molecule has 1 amide bonds. The number of benzene rings is 2. The predicted octanol–water partition coefficient (Wildman–Crippen LogP) is 2.85. The Bertz CT molecular complexity index is 660. The number of carbonyl (C=O) groups is 1. The first-order valence-corrected chi connectivity index (χ1v) is 6.28. The highest BCUT2D eigenvalue weighted by Gasteiger charge is 2.06. The maximum absolute atomic E-state index is 12.1. The highest BCUT2D eigenvalue weighted by molar-refractivity contribution is 6.04. The Labute approximate surface area is 122 Å². The second-order valence-electron chi connectivity index (χ2n) is 4.16. The Hall–Kier alpha value is -3.00. The van der Waals surface area contributed by atoms with Gasteiger partial charge in [-0.3, -0.25) is 4.79 Å². The van der Waals surface area contributed by atoms with Crippen LogP contribution in [0, 0.1) is 11.3 Å². The van der Waals surface area contributed by atoms with Gasteiger partial charge in [0, 0.05) is 17.3 Å². The minimum absolute atomic E-state index is 0.0319. The number of anilines is 1. The van der Waals surface area contributed by atoms with Gasteiger partial charge in [-0.05, 0) is 36.4 Å². The zero-order chi connectivity index (χ0) is 15.1. The molecule has 106 valence electrons. The minimum Gasteiger partial charge on any atom is -0.497 e. The number of carbonyl (C=O) groups excluding carboxylic acids is 1. The standard InChI is InChI=1S/C16H14N2O3/c1-20-14-7-5-12(6-8-14)16(19)18-13-3-2-4-15(11-13)21-10-9-17/h2-8,11H,10H2,1H3,(H,18,19). The van der Waals surface area contributed by atoms with Crippen LogP contribution in [-0.4, -0.2) is 19.6 Å². The number of hydrogen-bond donors (Lipinski definition) is 1. The van der Waals surface area contributed by atoms with Crippen LogP contribution in [-0.2, 0) is 0 Å². The van der Waals surface area contributed by atoms with Crippen LogP contribution < -0.4 is 14.8 Å². The smallest absolute Gasteiger partial charge is 0.255 e. The molecule has 0 spiro atoms. The number of ether oxygens (including phenoxy) is 2. The third-order valence-corrected chi connectivity index (χ3v) is 2.75. The molecule has 0 heterocycles. The highest BCUT2D eigenvalue weighted by atomic mass is 16.5. The van der Waals surface area contributed by atoms with Crippen molar-refractivity contribution in [3.63, 3.8) is 0 Å². The lowest BCUT2D eigenvalue weighted by Crippen LogP contribution is -2.11. The fourth-order valence-electron chi connectivity index (χ4n) is 1.72. The molecule has 0 aliphatic rings. The molecule has 2 aromatic carbocycles. The van der Waals surface area contributed by atoms with Crippen molar-refractivity contribution in [2.24, 2.45) is 0 Å². The molecule has 0 radical (unpaired) electrons. The summed E-state index contributed by atoms with van der Waals surface area (Å²) in [5.74, 6) is 0.998. The van der Waals surface area contributed by atoms with E-state index in [1.54, 1.807) is 55.6 Å². The Morgan fingerprint density at radius 3 is 2.62 bits per heavy atom. The fraction of sp³-hybridized carbons (Fsp3) is 0.125. The third kappa shape index (κ3) is 3.98. The van der Waals surface area contributed by atoms with E-state index in [1.807, 2.05) is 6.07 Å². The highest BCUT2D eigenvalue weighted by Crippen LogP contribution is 2.18. The number of nitrogens with zero attached hydrogens (tertiary/aromatic N) is 1. The Morgan fingerprint density at radius 2 is 1.95 bits per heavy atom. The fourth-order valence-corrected chi connectivity index (χ4v) is 1.72. The third-order valence-electron chi connectivity index (χ3n) is 2.75. The summed E-state index contributed by atoms with van der Waals surface area (Å²) in [6.07, 6.45) is 0.